The topological polar surface area (TPSA) is 29.1 Å². The summed E-state index contributed by atoms with van der Waals surface area (Å²) >= 11 is 1.94. The first-order chi connectivity index (χ1) is 13.0. The highest BCUT2D eigenvalue weighted by molar-refractivity contribution is 7.99. The van der Waals surface area contributed by atoms with Crippen LogP contribution < -0.4 is 29.3 Å². The summed E-state index contributed by atoms with van der Waals surface area (Å²) in [5.74, 6) is 2.41. The van der Waals surface area contributed by atoms with Crippen molar-refractivity contribution in [1.29, 1.82) is 0 Å². The maximum absolute atomic E-state index is 11.8. The lowest BCUT2D eigenvalue weighted by Gasteiger charge is -2.23. The molecule has 3 nitrogen and oxygen atoms in total. The summed E-state index contributed by atoms with van der Waals surface area (Å²) in [6, 6.07) is 0. The SMILES string of the molecule is CCCCCCCCCCCCCCSCCC(=O)NCCC[N+](C)(C)C.[I-]. The third-order valence-electron chi connectivity index (χ3n) is 4.94. The van der Waals surface area contributed by atoms with E-state index in [-0.39, 0.29) is 29.9 Å². The number of quaternary nitrogens is 1. The number of rotatable bonds is 20. The zero-order valence-electron chi connectivity index (χ0n) is 19.4. The van der Waals surface area contributed by atoms with Gasteiger partial charge in [-0.1, -0.05) is 77.6 Å². The van der Waals surface area contributed by atoms with Crippen molar-refractivity contribution < 1.29 is 33.3 Å². The van der Waals surface area contributed by atoms with Crippen molar-refractivity contribution in [1.82, 2.24) is 5.32 Å². The van der Waals surface area contributed by atoms with E-state index in [4.69, 9.17) is 0 Å². The first-order valence-corrected chi connectivity index (χ1v) is 12.8. The van der Waals surface area contributed by atoms with E-state index >= 15 is 0 Å². The summed E-state index contributed by atoms with van der Waals surface area (Å²) in [6.07, 6.45) is 18.6. The van der Waals surface area contributed by atoms with Crippen molar-refractivity contribution in [3.63, 3.8) is 0 Å². The van der Waals surface area contributed by atoms with Gasteiger partial charge < -0.3 is 33.8 Å². The number of thioether (sulfide) groups is 1. The van der Waals surface area contributed by atoms with Gasteiger partial charge in [-0.15, -0.1) is 0 Å². The highest BCUT2D eigenvalue weighted by atomic mass is 127. The number of hydrogen-bond donors (Lipinski definition) is 1. The number of carbonyl (C=O) groups is 1. The van der Waals surface area contributed by atoms with Crippen LogP contribution in [0.4, 0.5) is 0 Å². The summed E-state index contributed by atoms with van der Waals surface area (Å²) in [4.78, 5) is 11.8. The predicted molar refractivity (Wildman–Crippen MR) is 124 cm³/mol. The van der Waals surface area contributed by atoms with Crippen molar-refractivity contribution in [2.24, 2.45) is 0 Å². The van der Waals surface area contributed by atoms with E-state index in [1.807, 2.05) is 11.8 Å². The average molecular weight is 529 g/mol. The quantitative estimate of drug-likeness (QED) is 0.150. The Hall–Kier alpha value is 0.510. The molecule has 0 atom stereocenters. The second-order valence-electron chi connectivity index (χ2n) is 8.97. The van der Waals surface area contributed by atoms with Gasteiger partial charge in [-0.25, -0.2) is 0 Å². The number of halogens is 1. The van der Waals surface area contributed by atoms with E-state index in [2.05, 4.69) is 33.4 Å². The molecule has 0 aliphatic rings. The van der Waals surface area contributed by atoms with E-state index in [9.17, 15) is 4.79 Å². The van der Waals surface area contributed by atoms with Crippen molar-refractivity contribution in [3.05, 3.63) is 0 Å². The van der Waals surface area contributed by atoms with Gasteiger partial charge in [0.1, 0.15) is 0 Å². The minimum absolute atomic E-state index is 0. The van der Waals surface area contributed by atoms with E-state index < -0.39 is 0 Å². The highest BCUT2D eigenvalue weighted by Crippen LogP contribution is 2.13. The molecule has 1 amide bonds. The molecule has 0 bridgehead atoms. The van der Waals surface area contributed by atoms with Crippen LogP contribution in [0.2, 0.25) is 0 Å². The second kappa shape index (κ2) is 22.2. The summed E-state index contributed by atoms with van der Waals surface area (Å²) < 4.78 is 0.963. The summed E-state index contributed by atoms with van der Waals surface area (Å²) in [6.45, 7) is 4.20. The average Bonchev–Trinajstić information content (AvgIpc) is 2.61. The van der Waals surface area contributed by atoms with E-state index in [1.54, 1.807) is 0 Å². The molecule has 0 spiro atoms. The molecule has 0 radical (unpaired) electrons. The lowest BCUT2D eigenvalue weighted by atomic mass is 10.1. The Morgan fingerprint density at radius 1 is 0.750 bits per heavy atom. The predicted octanol–water partition coefficient (Wildman–Crippen LogP) is 3.03. The van der Waals surface area contributed by atoms with Crippen LogP contribution in [-0.4, -0.2) is 56.1 Å². The molecule has 0 heterocycles. The van der Waals surface area contributed by atoms with Crippen molar-refractivity contribution in [2.75, 3.05) is 45.7 Å². The first-order valence-electron chi connectivity index (χ1n) is 11.6. The van der Waals surface area contributed by atoms with Gasteiger partial charge in [-0.3, -0.25) is 4.79 Å². The van der Waals surface area contributed by atoms with Gasteiger partial charge in [0, 0.05) is 25.1 Å². The van der Waals surface area contributed by atoms with Gasteiger partial charge in [0.05, 0.1) is 27.7 Å². The molecule has 170 valence electrons. The Morgan fingerprint density at radius 3 is 1.75 bits per heavy atom. The van der Waals surface area contributed by atoms with E-state index in [0.717, 1.165) is 29.7 Å². The van der Waals surface area contributed by atoms with Crippen molar-refractivity contribution in [2.45, 2.75) is 96.8 Å². The van der Waals surface area contributed by atoms with Crippen LogP contribution >= 0.6 is 11.8 Å². The van der Waals surface area contributed by atoms with Gasteiger partial charge in [0.2, 0.25) is 5.91 Å². The van der Waals surface area contributed by atoms with Gasteiger partial charge >= 0.3 is 0 Å². The molecule has 0 unspecified atom stereocenters. The molecular weight excluding hydrogens is 479 g/mol. The molecule has 0 aliphatic heterocycles. The Labute approximate surface area is 198 Å². The van der Waals surface area contributed by atoms with Crippen LogP contribution in [0.15, 0.2) is 0 Å². The molecule has 0 aliphatic carbocycles. The first kappa shape index (κ1) is 30.7. The number of nitrogens with zero attached hydrogens (tertiary/aromatic N) is 1. The Kier molecular flexibility index (Phi) is 24.3. The Balaban J connectivity index is 0. The molecule has 0 saturated carbocycles. The van der Waals surface area contributed by atoms with Crippen molar-refractivity contribution in [3.8, 4) is 0 Å². The lowest BCUT2D eigenvalue weighted by Crippen LogP contribution is -3.00. The smallest absolute Gasteiger partial charge is 0.220 e. The second-order valence-corrected chi connectivity index (χ2v) is 10.2. The van der Waals surface area contributed by atoms with Gasteiger partial charge in [0.15, 0.2) is 0 Å². The van der Waals surface area contributed by atoms with Crippen LogP contribution in [-0.2, 0) is 4.79 Å². The van der Waals surface area contributed by atoms with Crippen LogP contribution in [0, 0.1) is 0 Å². The molecule has 0 rings (SSSR count). The molecule has 1 N–H and O–H groups in total. The van der Waals surface area contributed by atoms with Crippen LogP contribution in [0.3, 0.4) is 0 Å². The minimum Gasteiger partial charge on any atom is -1.00 e. The molecule has 5 heteroatoms. The minimum atomic E-state index is 0. The van der Waals surface area contributed by atoms with E-state index in [0.29, 0.717) is 6.42 Å². The zero-order chi connectivity index (χ0) is 20.2. The van der Waals surface area contributed by atoms with E-state index in [1.165, 1.54) is 82.8 Å². The molecule has 28 heavy (non-hydrogen) atoms. The van der Waals surface area contributed by atoms with Gasteiger partial charge in [0.25, 0.3) is 0 Å². The molecule has 0 aromatic carbocycles. The normalized spacial score (nSPS) is 11.3. The van der Waals surface area contributed by atoms with Crippen LogP contribution in [0.25, 0.3) is 0 Å². The van der Waals surface area contributed by atoms with Crippen molar-refractivity contribution >= 4 is 17.7 Å². The fourth-order valence-electron chi connectivity index (χ4n) is 3.18. The number of amides is 1. The maximum Gasteiger partial charge on any atom is 0.220 e. The fraction of sp³-hybridized carbons (Fsp3) is 0.957. The summed E-state index contributed by atoms with van der Waals surface area (Å²) in [5, 5.41) is 3.04. The molecular formula is C23H49IN2OS. The fourth-order valence-corrected chi connectivity index (χ4v) is 4.12. The van der Waals surface area contributed by atoms with Gasteiger partial charge in [-0.05, 0) is 12.2 Å². The molecule has 0 aromatic rings. The Bertz CT molecular complexity index is 335. The maximum atomic E-state index is 11.8. The number of carbonyl (C=O) groups excluding carboxylic acids is 1. The zero-order valence-corrected chi connectivity index (χ0v) is 22.3. The summed E-state index contributed by atoms with van der Waals surface area (Å²) in [7, 11) is 6.57. The highest BCUT2D eigenvalue weighted by Gasteiger charge is 2.06. The monoisotopic (exact) mass is 528 g/mol. The third kappa shape index (κ3) is 26.5. The number of unbranched alkanes of at least 4 members (excludes halogenated alkanes) is 11. The Morgan fingerprint density at radius 2 is 1.25 bits per heavy atom. The lowest BCUT2D eigenvalue weighted by molar-refractivity contribution is -0.870. The molecule has 0 fully saturated rings. The third-order valence-corrected chi connectivity index (χ3v) is 6.01. The standard InChI is InChI=1S/C23H48N2OS.HI/c1-5-6-7-8-9-10-11-12-13-14-15-16-21-27-22-18-23(26)24-19-17-20-25(2,3)4;/h5-22H2,1-4H3;1H. The van der Waals surface area contributed by atoms with Crippen LogP contribution in [0.1, 0.15) is 96.8 Å². The number of nitrogens with one attached hydrogen (secondary N) is 1. The van der Waals surface area contributed by atoms with Crippen LogP contribution in [0.5, 0.6) is 0 Å². The largest absolute Gasteiger partial charge is 1.00 e. The number of hydrogen-bond acceptors (Lipinski definition) is 2. The molecule has 0 saturated heterocycles. The molecule has 0 aromatic heterocycles. The summed E-state index contributed by atoms with van der Waals surface area (Å²) in [5.41, 5.74) is 0. The van der Waals surface area contributed by atoms with Gasteiger partial charge in [-0.2, -0.15) is 11.8 Å².